The van der Waals surface area contributed by atoms with E-state index in [0.29, 0.717) is 28.6 Å². The summed E-state index contributed by atoms with van der Waals surface area (Å²) in [6, 6.07) is 8.36. The number of thiazole rings is 1. The van der Waals surface area contributed by atoms with Gasteiger partial charge in [0, 0.05) is 18.0 Å². The number of nitrogens with zero attached hydrogens (tertiary/aromatic N) is 2. The molecule has 136 valence electrons. The standard InChI is InChI=1S/C18H15F3N2O2S/c1-23(10-15-3-2-8-25-15)16(24)9-14-11-26-17(22-14)12-4-6-13(7-5-12)18(19,20)21/h2-8,11H,9-10H2,1H3. The van der Waals surface area contributed by atoms with Gasteiger partial charge in [-0.2, -0.15) is 13.2 Å². The first kappa shape index (κ1) is 18.2. The third kappa shape index (κ3) is 4.32. The summed E-state index contributed by atoms with van der Waals surface area (Å²) in [6.45, 7) is 0.363. The number of halogens is 3. The van der Waals surface area contributed by atoms with Crippen LogP contribution in [-0.2, 0) is 23.9 Å². The zero-order chi connectivity index (χ0) is 18.7. The van der Waals surface area contributed by atoms with Crippen LogP contribution in [0, 0.1) is 0 Å². The Bertz CT molecular complexity index is 871. The fourth-order valence-corrected chi connectivity index (χ4v) is 3.16. The van der Waals surface area contributed by atoms with E-state index in [1.54, 1.807) is 30.8 Å². The number of carbonyl (C=O) groups is 1. The number of rotatable bonds is 5. The Morgan fingerprint density at radius 3 is 2.58 bits per heavy atom. The smallest absolute Gasteiger partial charge is 0.416 e. The molecule has 1 aromatic carbocycles. The Balaban J connectivity index is 1.65. The lowest BCUT2D eigenvalue weighted by molar-refractivity contribution is -0.137. The van der Waals surface area contributed by atoms with Crippen LogP contribution < -0.4 is 0 Å². The van der Waals surface area contributed by atoms with Crippen molar-refractivity contribution in [1.29, 1.82) is 0 Å². The Hall–Kier alpha value is -2.61. The molecule has 26 heavy (non-hydrogen) atoms. The van der Waals surface area contributed by atoms with Crippen LogP contribution in [0.25, 0.3) is 10.6 Å². The van der Waals surface area contributed by atoms with Gasteiger partial charge in [-0.25, -0.2) is 4.98 Å². The lowest BCUT2D eigenvalue weighted by atomic mass is 10.1. The van der Waals surface area contributed by atoms with Gasteiger partial charge in [0.1, 0.15) is 10.8 Å². The van der Waals surface area contributed by atoms with E-state index in [0.717, 1.165) is 12.1 Å². The SMILES string of the molecule is CN(Cc1ccco1)C(=O)Cc1csc(-c2ccc(C(F)(F)F)cc2)n1. The molecule has 0 atom stereocenters. The molecule has 0 aliphatic rings. The van der Waals surface area contributed by atoms with Crippen molar-refractivity contribution in [3.63, 3.8) is 0 Å². The number of hydrogen-bond donors (Lipinski definition) is 0. The van der Waals surface area contributed by atoms with Gasteiger partial charge < -0.3 is 9.32 Å². The minimum Gasteiger partial charge on any atom is -0.467 e. The van der Waals surface area contributed by atoms with E-state index in [2.05, 4.69) is 4.98 Å². The topological polar surface area (TPSA) is 46.3 Å². The van der Waals surface area contributed by atoms with Gasteiger partial charge in [0.05, 0.1) is 30.5 Å². The van der Waals surface area contributed by atoms with Crippen molar-refractivity contribution in [2.75, 3.05) is 7.05 Å². The summed E-state index contributed by atoms with van der Waals surface area (Å²) in [4.78, 5) is 18.2. The molecule has 0 aliphatic carbocycles. The van der Waals surface area contributed by atoms with E-state index >= 15 is 0 Å². The van der Waals surface area contributed by atoms with Crippen LogP contribution in [0.1, 0.15) is 17.0 Å². The van der Waals surface area contributed by atoms with Gasteiger partial charge in [0.25, 0.3) is 0 Å². The van der Waals surface area contributed by atoms with E-state index < -0.39 is 11.7 Å². The lowest BCUT2D eigenvalue weighted by Gasteiger charge is -2.14. The monoisotopic (exact) mass is 380 g/mol. The minimum atomic E-state index is -4.36. The molecule has 2 heterocycles. The van der Waals surface area contributed by atoms with Gasteiger partial charge in [0.15, 0.2) is 0 Å². The molecule has 4 nitrogen and oxygen atoms in total. The molecule has 1 amide bonds. The molecule has 3 aromatic rings. The normalized spacial score (nSPS) is 11.5. The van der Waals surface area contributed by atoms with Crippen LogP contribution >= 0.6 is 11.3 Å². The molecule has 0 unspecified atom stereocenters. The zero-order valence-electron chi connectivity index (χ0n) is 13.8. The van der Waals surface area contributed by atoms with Crippen LogP contribution in [0.3, 0.4) is 0 Å². The second kappa shape index (κ2) is 7.33. The predicted molar refractivity (Wildman–Crippen MR) is 91.4 cm³/mol. The summed E-state index contributed by atoms with van der Waals surface area (Å²) >= 11 is 1.29. The van der Waals surface area contributed by atoms with Crippen molar-refractivity contribution in [3.05, 3.63) is 65.1 Å². The lowest BCUT2D eigenvalue weighted by Crippen LogP contribution is -2.27. The first-order valence-electron chi connectivity index (χ1n) is 7.71. The maximum Gasteiger partial charge on any atom is 0.416 e. The maximum absolute atomic E-state index is 12.6. The van der Waals surface area contributed by atoms with Crippen LogP contribution in [0.5, 0.6) is 0 Å². The van der Waals surface area contributed by atoms with Crippen LogP contribution in [0.15, 0.2) is 52.5 Å². The summed E-state index contributed by atoms with van der Waals surface area (Å²) < 4.78 is 43.1. The van der Waals surface area contributed by atoms with E-state index in [1.807, 2.05) is 0 Å². The quantitative estimate of drug-likeness (QED) is 0.649. The molecule has 2 aromatic heterocycles. The molecule has 0 N–H and O–H groups in total. The average molecular weight is 380 g/mol. The predicted octanol–water partition coefficient (Wildman–Crippen LogP) is 4.62. The number of amides is 1. The van der Waals surface area contributed by atoms with Gasteiger partial charge in [-0.05, 0) is 24.3 Å². The fraction of sp³-hybridized carbons (Fsp3) is 0.222. The van der Waals surface area contributed by atoms with E-state index in [4.69, 9.17) is 4.42 Å². The highest BCUT2D eigenvalue weighted by molar-refractivity contribution is 7.13. The van der Waals surface area contributed by atoms with Crippen molar-refractivity contribution in [2.45, 2.75) is 19.1 Å². The largest absolute Gasteiger partial charge is 0.467 e. The molecule has 0 saturated carbocycles. The molecule has 0 spiro atoms. The van der Waals surface area contributed by atoms with Crippen LogP contribution in [-0.4, -0.2) is 22.8 Å². The molecule has 0 bridgehead atoms. The van der Waals surface area contributed by atoms with Crippen LogP contribution in [0.2, 0.25) is 0 Å². The second-order valence-electron chi connectivity index (χ2n) is 5.73. The number of hydrogen-bond acceptors (Lipinski definition) is 4. The van der Waals surface area contributed by atoms with Crippen molar-refractivity contribution >= 4 is 17.2 Å². The molecule has 3 rings (SSSR count). The average Bonchev–Trinajstić information content (AvgIpc) is 3.26. The highest BCUT2D eigenvalue weighted by Gasteiger charge is 2.30. The van der Waals surface area contributed by atoms with Crippen LogP contribution in [0.4, 0.5) is 13.2 Å². The number of alkyl halides is 3. The Kier molecular flexibility index (Phi) is 5.13. The summed E-state index contributed by atoms with van der Waals surface area (Å²) in [6.07, 6.45) is -2.70. The molecule has 8 heteroatoms. The minimum absolute atomic E-state index is 0.119. The number of carbonyl (C=O) groups excluding carboxylic acids is 1. The second-order valence-corrected chi connectivity index (χ2v) is 6.58. The number of aromatic nitrogens is 1. The van der Waals surface area contributed by atoms with Crippen molar-refractivity contribution in [3.8, 4) is 10.6 Å². The van der Waals surface area contributed by atoms with Gasteiger partial charge in [-0.3, -0.25) is 4.79 Å². The van der Waals surface area contributed by atoms with E-state index in [-0.39, 0.29) is 12.3 Å². The highest BCUT2D eigenvalue weighted by Crippen LogP contribution is 2.31. The Labute approximate surface area is 151 Å². The fourth-order valence-electron chi connectivity index (χ4n) is 2.34. The van der Waals surface area contributed by atoms with E-state index in [1.165, 1.54) is 28.4 Å². The van der Waals surface area contributed by atoms with Gasteiger partial charge in [-0.15, -0.1) is 11.3 Å². The maximum atomic E-state index is 12.6. The first-order chi connectivity index (χ1) is 12.3. The van der Waals surface area contributed by atoms with Gasteiger partial charge >= 0.3 is 6.18 Å². The summed E-state index contributed by atoms with van der Waals surface area (Å²) in [7, 11) is 1.67. The number of benzene rings is 1. The molecular weight excluding hydrogens is 365 g/mol. The molecule has 0 radical (unpaired) electrons. The van der Waals surface area contributed by atoms with Crippen molar-refractivity contribution in [2.24, 2.45) is 0 Å². The van der Waals surface area contributed by atoms with Crippen molar-refractivity contribution < 1.29 is 22.4 Å². The highest BCUT2D eigenvalue weighted by atomic mass is 32.1. The molecule has 0 fully saturated rings. The van der Waals surface area contributed by atoms with Crippen molar-refractivity contribution in [1.82, 2.24) is 9.88 Å². The first-order valence-corrected chi connectivity index (χ1v) is 8.59. The van der Waals surface area contributed by atoms with Gasteiger partial charge in [-0.1, -0.05) is 12.1 Å². The summed E-state index contributed by atoms with van der Waals surface area (Å²) in [5.74, 6) is 0.565. The molecule has 0 aliphatic heterocycles. The molecular formula is C18H15F3N2O2S. The Morgan fingerprint density at radius 1 is 1.23 bits per heavy atom. The number of furan rings is 1. The van der Waals surface area contributed by atoms with E-state index in [9.17, 15) is 18.0 Å². The Morgan fingerprint density at radius 2 is 1.96 bits per heavy atom. The summed E-state index contributed by atoms with van der Waals surface area (Å²) in [5.41, 5.74) is 0.472. The number of likely N-dealkylation sites (N-methyl/N-ethyl adjacent to an activating group) is 1. The third-order valence-electron chi connectivity index (χ3n) is 3.74. The molecule has 0 saturated heterocycles. The third-order valence-corrected chi connectivity index (χ3v) is 4.68. The zero-order valence-corrected chi connectivity index (χ0v) is 14.6. The van der Waals surface area contributed by atoms with Gasteiger partial charge in [0.2, 0.25) is 5.91 Å². The summed E-state index contributed by atoms with van der Waals surface area (Å²) in [5, 5.41) is 2.32.